The van der Waals surface area contributed by atoms with Crippen LogP contribution in [0.1, 0.15) is 38.5 Å². The Bertz CT molecular complexity index is 1010. The largest absolute Gasteiger partial charge is 0.338 e. The van der Waals surface area contributed by atoms with Crippen LogP contribution in [0.3, 0.4) is 0 Å². The summed E-state index contributed by atoms with van der Waals surface area (Å²) in [6.45, 7) is 3.72. The number of halogens is 1. The molecule has 3 saturated heterocycles. The molecule has 4 nitrogen and oxygen atoms in total. The summed E-state index contributed by atoms with van der Waals surface area (Å²) >= 11 is 6.22. The molecule has 1 amide bonds. The van der Waals surface area contributed by atoms with E-state index in [1.165, 1.54) is 45.2 Å². The van der Waals surface area contributed by atoms with Crippen LogP contribution in [0.15, 0.2) is 42.1 Å². The number of benzene rings is 1. The summed E-state index contributed by atoms with van der Waals surface area (Å²) in [5, 5.41) is 1.85. The molecule has 1 aliphatic carbocycles. The standard InChI is InChI=1S/C25H30ClN3O/c26-21-7-6-17-8-11-28(23(17)14-21)16-24(30)29-10-3-4-18-12-19-13-20(25(18)29)15-27-9-2-1-5-22(19)27/h6-8,11-12,14,19-20,22,25H,1-5,9-10,13,15-16H2/t19?,20?,22-,25-/m1/s1. The highest BCUT2D eigenvalue weighted by Gasteiger charge is 2.46. The average molecular weight is 424 g/mol. The highest BCUT2D eigenvalue weighted by atomic mass is 35.5. The van der Waals surface area contributed by atoms with Gasteiger partial charge < -0.3 is 9.47 Å². The number of fused-ring (bicyclic) bond motifs is 7. The number of carbonyl (C=O) groups excluding carboxylic acids is 1. The zero-order valence-corrected chi connectivity index (χ0v) is 18.2. The fourth-order valence-corrected chi connectivity index (χ4v) is 6.95. The fraction of sp³-hybridized carbons (Fsp3) is 0.560. The summed E-state index contributed by atoms with van der Waals surface area (Å²) in [6.07, 6.45) is 12.2. The van der Waals surface area contributed by atoms with Gasteiger partial charge in [-0.25, -0.2) is 0 Å². The van der Waals surface area contributed by atoms with Crippen LogP contribution in [0, 0.1) is 11.8 Å². The highest BCUT2D eigenvalue weighted by Crippen LogP contribution is 2.45. The number of hydrogen-bond acceptors (Lipinski definition) is 2. The molecule has 4 aliphatic rings. The van der Waals surface area contributed by atoms with Crippen LogP contribution in [-0.2, 0) is 11.3 Å². The lowest BCUT2D eigenvalue weighted by Crippen LogP contribution is -2.60. The number of nitrogens with zero attached hydrogens (tertiary/aromatic N) is 3. The SMILES string of the molecule is O=C(Cn1ccc2ccc(Cl)cc21)N1CCCC2=CC3CC(CN4CCCC[C@H]34)[C@@H]21. The van der Waals surface area contributed by atoms with Crippen molar-refractivity contribution in [3.63, 3.8) is 0 Å². The molecule has 0 saturated carbocycles. The zero-order chi connectivity index (χ0) is 20.2. The Morgan fingerprint density at radius 3 is 3.00 bits per heavy atom. The first-order valence-electron chi connectivity index (χ1n) is 11.7. The van der Waals surface area contributed by atoms with Gasteiger partial charge in [-0.2, -0.15) is 0 Å². The molecule has 158 valence electrons. The van der Waals surface area contributed by atoms with Crippen LogP contribution in [0.4, 0.5) is 0 Å². The molecule has 1 aromatic heterocycles. The van der Waals surface area contributed by atoms with Gasteiger partial charge in [0.1, 0.15) is 6.54 Å². The number of piperidine rings is 3. The first-order valence-corrected chi connectivity index (χ1v) is 12.0. The number of hydrogen-bond donors (Lipinski definition) is 0. The van der Waals surface area contributed by atoms with Gasteiger partial charge in [-0.1, -0.05) is 35.7 Å². The molecule has 0 radical (unpaired) electrons. The molecule has 3 fully saturated rings. The van der Waals surface area contributed by atoms with E-state index in [0.29, 0.717) is 24.4 Å². The molecular weight excluding hydrogens is 394 g/mol. The summed E-state index contributed by atoms with van der Waals surface area (Å²) < 4.78 is 2.06. The minimum absolute atomic E-state index is 0.252. The van der Waals surface area contributed by atoms with E-state index < -0.39 is 0 Å². The van der Waals surface area contributed by atoms with Crippen molar-refractivity contribution in [2.75, 3.05) is 19.6 Å². The second-order valence-corrected chi connectivity index (χ2v) is 10.2. The van der Waals surface area contributed by atoms with Crippen molar-refractivity contribution in [2.24, 2.45) is 11.8 Å². The zero-order valence-electron chi connectivity index (χ0n) is 17.5. The van der Waals surface area contributed by atoms with Gasteiger partial charge in [-0.3, -0.25) is 9.69 Å². The maximum Gasteiger partial charge on any atom is 0.243 e. The summed E-state index contributed by atoms with van der Waals surface area (Å²) in [4.78, 5) is 18.5. The fourth-order valence-electron chi connectivity index (χ4n) is 6.78. The van der Waals surface area contributed by atoms with E-state index in [-0.39, 0.29) is 5.91 Å². The summed E-state index contributed by atoms with van der Waals surface area (Å²) in [5.74, 6) is 1.56. The maximum atomic E-state index is 13.5. The van der Waals surface area contributed by atoms with Crippen molar-refractivity contribution in [1.29, 1.82) is 0 Å². The molecule has 4 atom stereocenters. The predicted octanol–water partition coefficient (Wildman–Crippen LogP) is 4.72. The van der Waals surface area contributed by atoms with Gasteiger partial charge in [0.25, 0.3) is 0 Å². The van der Waals surface area contributed by atoms with E-state index in [9.17, 15) is 4.79 Å². The minimum Gasteiger partial charge on any atom is -0.338 e. The van der Waals surface area contributed by atoms with Crippen LogP contribution < -0.4 is 0 Å². The normalized spacial score (nSPS) is 31.2. The average Bonchev–Trinajstić information content (AvgIpc) is 3.15. The summed E-state index contributed by atoms with van der Waals surface area (Å²) in [6, 6.07) is 9.05. The molecule has 30 heavy (non-hydrogen) atoms. The predicted molar refractivity (Wildman–Crippen MR) is 121 cm³/mol. The van der Waals surface area contributed by atoms with Gasteiger partial charge >= 0.3 is 0 Å². The Morgan fingerprint density at radius 1 is 1.13 bits per heavy atom. The molecular formula is C25H30ClN3O. The van der Waals surface area contributed by atoms with Gasteiger partial charge in [-0.15, -0.1) is 0 Å². The lowest BCUT2D eigenvalue weighted by Gasteiger charge is -2.54. The van der Waals surface area contributed by atoms with Crippen molar-refractivity contribution in [1.82, 2.24) is 14.4 Å². The van der Waals surface area contributed by atoms with Crippen molar-refractivity contribution in [3.05, 3.63) is 47.1 Å². The third-order valence-corrected chi connectivity index (χ3v) is 8.25. The molecule has 4 heterocycles. The molecule has 6 rings (SSSR count). The van der Waals surface area contributed by atoms with Gasteiger partial charge in [0.15, 0.2) is 0 Å². The number of aromatic nitrogens is 1. The number of rotatable bonds is 2. The van der Waals surface area contributed by atoms with Crippen LogP contribution in [-0.4, -0.2) is 52.0 Å². The van der Waals surface area contributed by atoms with E-state index in [4.69, 9.17) is 11.6 Å². The molecule has 3 aliphatic heterocycles. The maximum absolute atomic E-state index is 13.5. The lowest BCUT2D eigenvalue weighted by atomic mass is 9.68. The van der Waals surface area contributed by atoms with E-state index in [1.807, 2.05) is 24.4 Å². The van der Waals surface area contributed by atoms with Crippen molar-refractivity contribution < 1.29 is 4.79 Å². The Kier molecular flexibility index (Phi) is 4.69. The van der Waals surface area contributed by atoms with Crippen LogP contribution in [0.25, 0.3) is 10.9 Å². The topological polar surface area (TPSA) is 28.5 Å². The molecule has 2 aromatic rings. The Labute approximate surface area is 183 Å². The number of carbonyl (C=O) groups is 1. The molecule has 0 N–H and O–H groups in total. The summed E-state index contributed by atoms with van der Waals surface area (Å²) in [5.41, 5.74) is 2.60. The van der Waals surface area contributed by atoms with E-state index in [1.54, 1.807) is 5.57 Å². The molecule has 2 unspecified atom stereocenters. The summed E-state index contributed by atoms with van der Waals surface area (Å²) in [7, 11) is 0. The van der Waals surface area contributed by atoms with Gasteiger partial charge in [0.2, 0.25) is 5.91 Å². The van der Waals surface area contributed by atoms with E-state index >= 15 is 0 Å². The van der Waals surface area contributed by atoms with Crippen molar-refractivity contribution >= 4 is 28.4 Å². The molecule has 1 aromatic carbocycles. The Morgan fingerprint density at radius 2 is 2.07 bits per heavy atom. The van der Waals surface area contributed by atoms with E-state index in [2.05, 4.69) is 26.5 Å². The lowest BCUT2D eigenvalue weighted by molar-refractivity contribution is -0.136. The van der Waals surface area contributed by atoms with Crippen molar-refractivity contribution in [3.8, 4) is 0 Å². The first kappa shape index (κ1) is 18.9. The van der Waals surface area contributed by atoms with E-state index in [0.717, 1.165) is 34.9 Å². The van der Waals surface area contributed by atoms with Crippen LogP contribution in [0.5, 0.6) is 0 Å². The third kappa shape index (κ3) is 3.11. The minimum atomic E-state index is 0.252. The molecule has 5 heteroatoms. The number of likely N-dealkylation sites (tertiary alicyclic amines) is 1. The van der Waals surface area contributed by atoms with Gasteiger partial charge in [0.05, 0.1) is 6.04 Å². The first-order chi connectivity index (χ1) is 14.7. The molecule has 2 bridgehead atoms. The monoisotopic (exact) mass is 423 g/mol. The molecule has 0 spiro atoms. The quantitative estimate of drug-likeness (QED) is 0.654. The smallest absolute Gasteiger partial charge is 0.243 e. The number of amides is 1. The van der Waals surface area contributed by atoms with Gasteiger partial charge in [0, 0.05) is 35.9 Å². The second kappa shape index (κ2) is 7.42. The van der Waals surface area contributed by atoms with Crippen LogP contribution >= 0.6 is 11.6 Å². The van der Waals surface area contributed by atoms with Gasteiger partial charge in [-0.05, 0) is 74.1 Å². The van der Waals surface area contributed by atoms with Crippen LogP contribution in [0.2, 0.25) is 5.02 Å². The Hall–Kier alpha value is -1.78. The van der Waals surface area contributed by atoms with Crippen molar-refractivity contribution in [2.45, 2.75) is 57.2 Å². The Balaban J connectivity index is 1.27. The third-order valence-electron chi connectivity index (χ3n) is 8.02. The highest BCUT2D eigenvalue weighted by molar-refractivity contribution is 6.31. The second-order valence-electron chi connectivity index (χ2n) is 9.74.